The van der Waals surface area contributed by atoms with Crippen molar-refractivity contribution >= 4 is 5.78 Å². The number of aliphatic hydroxyl groups excluding tert-OH is 1. The molecule has 0 bridgehead atoms. The van der Waals surface area contributed by atoms with Gasteiger partial charge in [-0.25, -0.2) is 0 Å². The highest BCUT2D eigenvalue weighted by atomic mass is 16.5. The number of carbonyl (C=O) groups excluding carboxylic acids is 1. The van der Waals surface area contributed by atoms with Gasteiger partial charge in [-0.3, -0.25) is 4.79 Å². The molecule has 0 spiro atoms. The maximum absolute atomic E-state index is 12.5. The van der Waals surface area contributed by atoms with Crippen LogP contribution in [0.3, 0.4) is 0 Å². The fourth-order valence-electron chi connectivity index (χ4n) is 3.04. The lowest BCUT2D eigenvalue weighted by Crippen LogP contribution is -2.30. The number of ether oxygens (including phenoxy) is 2. The standard InChI is InChI=1S/C18H18O5/c1-9-13(19)12-14(20)15(21)18(11-7-5-4-6-8-11)23-17(12)10(2)16(9)22-3/h4-8,14,18-20H,1-3H3. The molecule has 0 saturated heterocycles. The Balaban J connectivity index is 2.19. The van der Waals surface area contributed by atoms with E-state index in [0.29, 0.717) is 28.2 Å². The third-order valence-electron chi connectivity index (χ3n) is 4.22. The number of phenolic OH excluding ortho intramolecular Hbond substituents is 1. The van der Waals surface area contributed by atoms with E-state index < -0.39 is 18.0 Å². The average Bonchev–Trinajstić information content (AvgIpc) is 2.56. The van der Waals surface area contributed by atoms with Crippen molar-refractivity contribution in [3.05, 3.63) is 52.6 Å². The van der Waals surface area contributed by atoms with Crippen molar-refractivity contribution in [1.29, 1.82) is 0 Å². The van der Waals surface area contributed by atoms with Gasteiger partial charge in [-0.15, -0.1) is 0 Å². The van der Waals surface area contributed by atoms with Crippen LogP contribution in [0.5, 0.6) is 17.2 Å². The SMILES string of the molecule is COc1c(C)c(O)c2c(c1C)OC(c1ccccc1)C(=O)C2O. The molecule has 2 aromatic carbocycles. The van der Waals surface area contributed by atoms with Gasteiger partial charge >= 0.3 is 0 Å². The van der Waals surface area contributed by atoms with Crippen LogP contribution in [-0.4, -0.2) is 23.1 Å². The monoisotopic (exact) mass is 314 g/mol. The summed E-state index contributed by atoms with van der Waals surface area (Å²) in [7, 11) is 1.50. The number of benzene rings is 2. The number of aromatic hydroxyl groups is 1. The summed E-state index contributed by atoms with van der Waals surface area (Å²) in [5, 5.41) is 20.8. The lowest BCUT2D eigenvalue weighted by atomic mass is 9.89. The molecule has 0 saturated carbocycles. The Labute approximate surface area is 134 Å². The second-order valence-electron chi connectivity index (χ2n) is 5.59. The smallest absolute Gasteiger partial charge is 0.211 e. The number of hydrogen-bond acceptors (Lipinski definition) is 5. The predicted octanol–water partition coefficient (Wildman–Crippen LogP) is 2.75. The molecule has 23 heavy (non-hydrogen) atoms. The van der Waals surface area contributed by atoms with Crippen molar-refractivity contribution in [2.24, 2.45) is 0 Å². The van der Waals surface area contributed by atoms with Crippen LogP contribution in [0.15, 0.2) is 30.3 Å². The minimum Gasteiger partial charge on any atom is -0.507 e. The minimum absolute atomic E-state index is 0.109. The molecule has 2 N–H and O–H groups in total. The van der Waals surface area contributed by atoms with Crippen molar-refractivity contribution in [3.63, 3.8) is 0 Å². The quantitative estimate of drug-likeness (QED) is 0.891. The Kier molecular flexibility index (Phi) is 3.74. The third-order valence-corrected chi connectivity index (χ3v) is 4.22. The maximum atomic E-state index is 12.5. The molecule has 0 aliphatic carbocycles. The summed E-state index contributed by atoms with van der Waals surface area (Å²) in [5.41, 5.74) is 1.88. The van der Waals surface area contributed by atoms with Crippen LogP contribution in [-0.2, 0) is 4.79 Å². The number of rotatable bonds is 2. The van der Waals surface area contributed by atoms with Crippen molar-refractivity contribution in [2.45, 2.75) is 26.1 Å². The summed E-state index contributed by atoms with van der Waals surface area (Å²) < 4.78 is 11.2. The largest absolute Gasteiger partial charge is 0.507 e. The van der Waals surface area contributed by atoms with Gasteiger partial charge in [0.1, 0.15) is 23.4 Å². The highest BCUT2D eigenvalue weighted by Gasteiger charge is 2.40. The van der Waals surface area contributed by atoms with Gasteiger partial charge in [-0.2, -0.15) is 0 Å². The predicted molar refractivity (Wildman–Crippen MR) is 83.9 cm³/mol. The molecule has 1 aliphatic heterocycles. The van der Waals surface area contributed by atoms with Crippen LogP contribution in [0.2, 0.25) is 0 Å². The Morgan fingerprint density at radius 1 is 1.13 bits per heavy atom. The molecular formula is C18H18O5. The number of ketones is 1. The van der Waals surface area contributed by atoms with E-state index in [1.54, 1.807) is 38.1 Å². The second kappa shape index (κ2) is 5.59. The van der Waals surface area contributed by atoms with Crippen molar-refractivity contribution in [1.82, 2.24) is 0 Å². The summed E-state index contributed by atoms with van der Waals surface area (Å²) in [6.45, 7) is 3.44. The Bertz CT molecular complexity index is 767. The second-order valence-corrected chi connectivity index (χ2v) is 5.59. The van der Waals surface area contributed by atoms with Crippen molar-refractivity contribution in [2.75, 3.05) is 7.11 Å². The van der Waals surface area contributed by atoms with Gasteiger partial charge in [0.05, 0.1) is 12.7 Å². The van der Waals surface area contributed by atoms with Crippen molar-refractivity contribution in [3.8, 4) is 17.2 Å². The first kappa shape index (κ1) is 15.4. The molecule has 5 heteroatoms. The van der Waals surface area contributed by atoms with Gasteiger partial charge in [0.15, 0.2) is 6.10 Å². The molecule has 1 heterocycles. The number of methoxy groups -OCH3 is 1. The Morgan fingerprint density at radius 2 is 1.78 bits per heavy atom. The van der Waals surface area contributed by atoms with Gasteiger partial charge in [-0.1, -0.05) is 30.3 Å². The number of phenols is 1. The van der Waals surface area contributed by atoms with E-state index in [1.807, 2.05) is 6.07 Å². The van der Waals surface area contributed by atoms with Crippen LogP contribution < -0.4 is 9.47 Å². The number of fused-ring (bicyclic) bond motifs is 1. The topological polar surface area (TPSA) is 76.0 Å². The van der Waals surface area contributed by atoms with E-state index in [2.05, 4.69) is 0 Å². The van der Waals surface area contributed by atoms with Crippen molar-refractivity contribution < 1.29 is 24.5 Å². The highest BCUT2D eigenvalue weighted by Crippen LogP contribution is 2.50. The number of Topliss-reactive ketones (excluding diaryl/α,β-unsaturated/α-hetero) is 1. The van der Waals surface area contributed by atoms with Crippen LogP contribution >= 0.6 is 0 Å². The van der Waals surface area contributed by atoms with Crippen LogP contribution in [0.25, 0.3) is 0 Å². The molecule has 2 aromatic rings. The first-order valence-corrected chi connectivity index (χ1v) is 7.30. The summed E-state index contributed by atoms with van der Waals surface area (Å²) in [6.07, 6.45) is -2.35. The summed E-state index contributed by atoms with van der Waals surface area (Å²) in [6, 6.07) is 8.97. The fraction of sp³-hybridized carbons (Fsp3) is 0.278. The van der Waals surface area contributed by atoms with Gasteiger partial charge in [0, 0.05) is 11.1 Å². The van der Waals surface area contributed by atoms with E-state index in [9.17, 15) is 15.0 Å². The first-order chi connectivity index (χ1) is 11.0. The molecule has 2 atom stereocenters. The zero-order chi connectivity index (χ0) is 16.7. The molecule has 0 amide bonds. The van der Waals surface area contributed by atoms with E-state index in [4.69, 9.17) is 9.47 Å². The lowest BCUT2D eigenvalue weighted by molar-refractivity contribution is -0.137. The first-order valence-electron chi connectivity index (χ1n) is 7.30. The number of carbonyl (C=O) groups is 1. The molecule has 120 valence electrons. The van der Waals surface area contributed by atoms with E-state index in [1.165, 1.54) is 7.11 Å². The Hall–Kier alpha value is -2.53. The normalized spacial score (nSPS) is 19.9. The lowest BCUT2D eigenvalue weighted by Gasteiger charge is -2.31. The molecule has 0 radical (unpaired) electrons. The highest BCUT2D eigenvalue weighted by molar-refractivity contribution is 5.93. The number of hydrogen-bond donors (Lipinski definition) is 2. The number of aliphatic hydroxyl groups is 1. The molecule has 0 fully saturated rings. The summed E-state index contributed by atoms with van der Waals surface area (Å²) in [4.78, 5) is 12.5. The van der Waals surface area contributed by atoms with Gasteiger partial charge in [-0.05, 0) is 19.4 Å². The molecule has 5 nitrogen and oxygen atoms in total. The van der Waals surface area contributed by atoms with E-state index >= 15 is 0 Å². The third kappa shape index (κ3) is 2.24. The van der Waals surface area contributed by atoms with Crippen LogP contribution in [0, 0.1) is 13.8 Å². The van der Waals surface area contributed by atoms with Gasteiger partial charge in [0.2, 0.25) is 5.78 Å². The minimum atomic E-state index is -1.44. The average molecular weight is 314 g/mol. The van der Waals surface area contributed by atoms with E-state index in [-0.39, 0.29) is 11.3 Å². The zero-order valence-electron chi connectivity index (χ0n) is 13.2. The molecule has 1 aliphatic rings. The van der Waals surface area contributed by atoms with E-state index in [0.717, 1.165) is 0 Å². The fourth-order valence-corrected chi connectivity index (χ4v) is 3.04. The zero-order valence-corrected chi connectivity index (χ0v) is 13.2. The molecular weight excluding hydrogens is 296 g/mol. The summed E-state index contributed by atoms with van der Waals surface area (Å²) >= 11 is 0. The molecule has 3 rings (SSSR count). The molecule has 2 unspecified atom stereocenters. The van der Waals surface area contributed by atoms with Crippen LogP contribution in [0.4, 0.5) is 0 Å². The Morgan fingerprint density at radius 3 is 2.39 bits per heavy atom. The summed E-state index contributed by atoms with van der Waals surface area (Å²) in [5.74, 6) is 0.110. The van der Waals surface area contributed by atoms with Gasteiger partial charge < -0.3 is 19.7 Å². The van der Waals surface area contributed by atoms with Crippen LogP contribution in [0.1, 0.15) is 34.5 Å². The maximum Gasteiger partial charge on any atom is 0.211 e. The molecule has 0 aromatic heterocycles. The van der Waals surface area contributed by atoms with Gasteiger partial charge in [0.25, 0.3) is 0 Å².